The van der Waals surface area contributed by atoms with Gasteiger partial charge in [0.05, 0.1) is 21.2 Å². The molecule has 0 aliphatic heterocycles. The number of nitrogens with zero attached hydrogens (tertiary/aromatic N) is 3. The molecule has 3 rings (SSSR count). The van der Waals surface area contributed by atoms with Crippen molar-refractivity contribution >= 4 is 35.0 Å². The number of hydrogen-bond donors (Lipinski definition) is 0. The van der Waals surface area contributed by atoms with Crippen LogP contribution in [0.2, 0.25) is 5.02 Å². The second-order valence-electron chi connectivity index (χ2n) is 5.87. The van der Waals surface area contributed by atoms with Crippen LogP contribution in [0.15, 0.2) is 58.3 Å². The summed E-state index contributed by atoms with van der Waals surface area (Å²) in [7, 11) is 0. The fraction of sp³-hybridized carbons (Fsp3) is 0.158. The van der Waals surface area contributed by atoms with Crippen LogP contribution in [0.5, 0.6) is 5.75 Å². The van der Waals surface area contributed by atoms with Gasteiger partial charge in [-0.2, -0.15) is 5.10 Å². The Labute approximate surface area is 170 Å². The van der Waals surface area contributed by atoms with Crippen LogP contribution in [0.3, 0.4) is 0 Å². The number of carbonyl (C=O) groups excluding carboxylic acids is 1. The molecular formula is C19H16ClN3O4S. The Morgan fingerprint density at radius 1 is 1.21 bits per heavy atom. The highest BCUT2D eigenvalue weighted by Gasteiger charge is 2.20. The van der Waals surface area contributed by atoms with Gasteiger partial charge >= 0.3 is 5.69 Å². The zero-order chi connectivity index (χ0) is 20.3. The quantitative estimate of drug-likeness (QED) is 0.417. The van der Waals surface area contributed by atoms with Gasteiger partial charge in [0.25, 0.3) is 5.91 Å². The van der Waals surface area contributed by atoms with Crippen LogP contribution < -0.4 is 4.74 Å². The van der Waals surface area contributed by atoms with E-state index in [9.17, 15) is 14.9 Å². The zero-order valence-electron chi connectivity index (χ0n) is 15.1. The summed E-state index contributed by atoms with van der Waals surface area (Å²) in [4.78, 5) is 24.9. The van der Waals surface area contributed by atoms with Gasteiger partial charge in [-0.3, -0.25) is 14.9 Å². The number of ether oxygens (including phenoxy) is 1. The van der Waals surface area contributed by atoms with Crippen LogP contribution in [0.4, 0.5) is 5.69 Å². The largest absolute Gasteiger partial charge is 0.477 e. The standard InChI is InChI=1S/C19H16ClN3O4S/c1-12-19(28-15-9-7-14(20)8-10-15)13(2)22(21-12)18(24)11-27-17-6-4-3-5-16(17)23(25)26/h3-10H,11H2,1-2H3. The van der Waals surface area contributed by atoms with Crippen molar-refractivity contribution in [3.63, 3.8) is 0 Å². The van der Waals surface area contributed by atoms with Gasteiger partial charge in [0.2, 0.25) is 0 Å². The SMILES string of the molecule is Cc1nn(C(=O)COc2ccccc2[N+](=O)[O-])c(C)c1Sc1ccc(Cl)cc1. The van der Waals surface area contributed by atoms with Gasteiger partial charge in [-0.05, 0) is 44.2 Å². The molecule has 0 aliphatic carbocycles. The number of nitro groups is 1. The molecule has 1 heterocycles. The Morgan fingerprint density at radius 3 is 2.57 bits per heavy atom. The maximum Gasteiger partial charge on any atom is 0.310 e. The highest BCUT2D eigenvalue weighted by Crippen LogP contribution is 2.33. The summed E-state index contributed by atoms with van der Waals surface area (Å²) in [6, 6.07) is 13.3. The van der Waals surface area contributed by atoms with Gasteiger partial charge in [0.15, 0.2) is 12.4 Å². The minimum Gasteiger partial charge on any atom is -0.477 e. The van der Waals surface area contributed by atoms with Crippen molar-refractivity contribution < 1.29 is 14.5 Å². The lowest BCUT2D eigenvalue weighted by atomic mass is 10.3. The van der Waals surface area contributed by atoms with Crippen LogP contribution in [-0.2, 0) is 0 Å². The van der Waals surface area contributed by atoms with E-state index in [0.717, 1.165) is 9.79 Å². The Kier molecular flexibility index (Phi) is 6.01. The minimum absolute atomic E-state index is 0.0399. The zero-order valence-corrected chi connectivity index (χ0v) is 16.7. The van der Waals surface area contributed by atoms with Crippen molar-refractivity contribution in [2.45, 2.75) is 23.6 Å². The number of nitro benzene ring substituents is 1. The smallest absolute Gasteiger partial charge is 0.310 e. The number of carbonyl (C=O) groups is 1. The number of para-hydroxylation sites is 2. The molecule has 0 unspecified atom stereocenters. The highest BCUT2D eigenvalue weighted by molar-refractivity contribution is 7.99. The minimum atomic E-state index is -0.552. The second kappa shape index (κ2) is 8.45. The van der Waals surface area contributed by atoms with Gasteiger partial charge in [0.1, 0.15) is 0 Å². The fourth-order valence-electron chi connectivity index (χ4n) is 2.57. The molecule has 2 aromatic carbocycles. The van der Waals surface area contributed by atoms with Crippen molar-refractivity contribution in [1.82, 2.24) is 9.78 Å². The van der Waals surface area contributed by atoms with Crippen LogP contribution in [-0.4, -0.2) is 27.2 Å². The van der Waals surface area contributed by atoms with E-state index < -0.39 is 10.8 Å². The molecule has 0 atom stereocenters. The molecule has 0 fully saturated rings. The fourth-order valence-corrected chi connectivity index (χ4v) is 3.63. The maximum absolute atomic E-state index is 12.6. The van der Waals surface area contributed by atoms with Crippen LogP contribution in [0, 0.1) is 24.0 Å². The Morgan fingerprint density at radius 2 is 1.89 bits per heavy atom. The van der Waals surface area contributed by atoms with Crippen molar-refractivity contribution in [2.24, 2.45) is 0 Å². The summed E-state index contributed by atoms with van der Waals surface area (Å²) in [5.41, 5.74) is 1.19. The van der Waals surface area contributed by atoms with Gasteiger partial charge < -0.3 is 4.74 Å². The molecule has 0 aliphatic rings. The molecule has 28 heavy (non-hydrogen) atoms. The van der Waals surface area contributed by atoms with E-state index in [2.05, 4.69) is 5.10 Å². The van der Waals surface area contributed by atoms with Crippen molar-refractivity contribution in [3.05, 3.63) is 75.1 Å². The highest BCUT2D eigenvalue weighted by atomic mass is 35.5. The summed E-state index contributed by atoms with van der Waals surface area (Å²) in [6.07, 6.45) is 0. The number of rotatable bonds is 6. The normalized spacial score (nSPS) is 10.7. The molecule has 0 bridgehead atoms. The first kappa shape index (κ1) is 19.9. The predicted octanol–water partition coefficient (Wildman–Crippen LogP) is 4.93. The first-order valence-corrected chi connectivity index (χ1v) is 9.45. The van der Waals surface area contributed by atoms with E-state index in [1.54, 1.807) is 25.1 Å². The van der Waals surface area contributed by atoms with Gasteiger partial charge in [-0.1, -0.05) is 35.5 Å². The van der Waals surface area contributed by atoms with E-state index in [1.807, 2.05) is 19.1 Å². The Hall–Kier alpha value is -2.84. The van der Waals surface area contributed by atoms with Crippen LogP contribution in [0.25, 0.3) is 0 Å². The van der Waals surface area contributed by atoms with Crippen molar-refractivity contribution in [1.29, 1.82) is 0 Å². The number of benzene rings is 2. The predicted molar refractivity (Wildman–Crippen MR) is 106 cm³/mol. The molecule has 0 radical (unpaired) electrons. The number of aryl methyl sites for hydroxylation is 1. The average Bonchev–Trinajstić information content (AvgIpc) is 2.96. The van der Waals surface area contributed by atoms with Crippen LogP contribution >= 0.6 is 23.4 Å². The molecule has 3 aromatic rings. The number of hydrogen-bond acceptors (Lipinski definition) is 6. The molecule has 0 amide bonds. The number of aromatic nitrogens is 2. The van der Waals surface area contributed by atoms with Crippen LogP contribution in [0.1, 0.15) is 16.2 Å². The number of halogens is 1. The summed E-state index contributed by atoms with van der Waals surface area (Å²) >= 11 is 7.40. The van der Waals surface area contributed by atoms with E-state index in [1.165, 1.54) is 34.6 Å². The first-order chi connectivity index (χ1) is 13.4. The van der Waals surface area contributed by atoms with E-state index in [0.29, 0.717) is 16.4 Å². The molecule has 1 aromatic heterocycles. The average molecular weight is 418 g/mol. The molecule has 144 valence electrons. The Bertz CT molecular complexity index is 1030. The lowest BCUT2D eigenvalue weighted by Gasteiger charge is -2.07. The summed E-state index contributed by atoms with van der Waals surface area (Å²) in [5.74, 6) is -0.375. The third kappa shape index (κ3) is 4.35. The van der Waals surface area contributed by atoms with E-state index in [-0.39, 0.29) is 18.0 Å². The summed E-state index contributed by atoms with van der Waals surface area (Å²) < 4.78 is 6.64. The van der Waals surface area contributed by atoms with Crippen molar-refractivity contribution in [3.8, 4) is 5.75 Å². The van der Waals surface area contributed by atoms with E-state index in [4.69, 9.17) is 16.3 Å². The molecule has 0 N–H and O–H groups in total. The topological polar surface area (TPSA) is 87.3 Å². The van der Waals surface area contributed by atoms with Gasteiger partial charge in [0, 0.05) is 16.0 Å². The summed E-state index contributed by atoms with van der Waals surface area (Å²) in [5, 5.41) is 16.0. The third-order valence-electron chi connectivity index (χ3n) is 3.91. The molecule has 9 heteroatoms. The lowest BCUT2D eigenvalue weighted by molar-refractivity contribution is -0.385. The molecule has 0 saturated heterocycles. The lowest BCUT2D eigenvalue weighted by Crippen LogP contribution is -2.22. The molecule has 0 saturated carbocycles. The molecule has 7 nitrogen and oxygen atoms in total. The van der Waals surface area contributed by atoms with Crippen molar-refractivity contribution in [2.75, 3.05) is 6.61 Å². The monoisotopic (exact) mass is 417 g/mol. The maximum atomic E-state index is 12.6. The molecule has 0 spiro atoms. The first-order valence-electron chi connectivity index (χ1n) is 8.26. The van der Waals surface area contributed by atoms with E-state index >= 15 is 0 Å². The second-order valence-corrected chi connectivity index (χ2v) is 7.40. The molecular weight excluding hydrogens is 402 g/mol. The Balaban J connectivity index is 1.76. The van der Waals surface area contributed by atoms with Gasteiger partial charge in [-0.25, -0.2) is 4.68 Å². The third-order valence-corrected chi connectivity index (χ3v) is 5.46. The van der Waals surface area contributed by atoms with Gasteiger partial charge in [-0.15, -0.1) is 0 Å². The summed E-state index contributed by atoms with van der Waals surface area (Å²) in [6.45, 7) is 3.25.